The van der Waals surface area contributed by atoms with Crippen molar-refractivity contribution in [1.82, 2.24) is 9.97 Å². The summed E-state index contributed by atoms with van der Waals surface area (Å²) in [6.45, 7) is 5.60. The van der Waals surface area contributed by atoms with Gasteiger partial charge >= 0.3 is 0 Å². The normalized spacial score (nSPS) is 14.5. The van der Waals surface area contributed by atoms with E-state index in [4.69, 9.17) is 4.42 Å². The lowest BCUT2D eigenvalue weighted by Crippen LogP contribution is -2.20. The van der Waals surface area contributed by atoms with Crippen molar-refractivity contribution >= 4 is 17.5 Å². The molecule has 1 fully saturated rings. The first-order valence-corrected chi connectivity index (χ1v) is 7.09. The smallest absolute Gasteiger partial charge is 0.260 e. The van der Waals surface area contributed by atoms with Crippen molar-refractivity contribution in [2.24, 2.45) is 0 Å². The highest BCUT2D eigenvalue weighted by Gasteiger charge is 2.17. The molecule has 0 spiro atoms. The van der Waals surface area contributed by atoms with Gasteiger partial charge < -0.3 is 14.6 Å². The number of aryl methyl sites for hydroxylation is 2. The summed E-state index contributed by atoms with van der Waals surface area (Å²) >= 11 is 0. The van der Waals surface area contributed by atoms with Crippen LogP contribution in [0.4, 0.5) is 11.6 Å². The molecule has 2 aromatic heterocycles. The predicted molar refractivity (Wildman–Crippen MR) is 79.6 cm³/mol. The molecule has 0 bridgehead atoms. The number of rotatable bonds is 3. The van der Waals surface area contributed by atoms with Crippen LogP contribution in [0.3, 0.4) is 0 Å². The molecule has 1 saturated heterocycles. The first-order valence-electron chi connectivity index (χ1n) is 7.09. The standard InChI is InChI=1S/C15H18N4O2/c1-10-7-12(11(2)21-10)15(20)18-13-8-14(17-9-16-13)19-5-3-4-6-19/h7-9H,3-6H2,1-2H3,(H,16,17,18,20). The van der Waals surface area contributed by atoms with Crippen LogP contribution in [0, 0.1) is 13.8 Å². The van der Waals surface area contributed by atoms with Crippen LogP contribution in [0.5, 0.6) is 0 Å². The third-order valence-electron chi connectivity index (χ3n) is 3.61. The number of carbonyl (C=O) groups is 1. The minimum Gasteiger partial charge on any atom is -0.466 e. The van der Waals surface area contributed by atoms with Crippen LogP contribution in [-0.2, 0) is 0 Å². The molecule has 110 valence electrons. The zero-order chi connectivity index (χ0) is 14.8. The number of furan rings is 1. The van der Waals surface area contributed by atoms with E-state index in [9.17, 15) is 4.79 Å². The zero-order valence-corrected chi connectivity index (χ0v) is 12.2. The van der Waals surface area contributed by atoms with Crippen LogP contribution in [-0.4, -0.2) is 29.0 Å². The second-order valence-corrected chi connectivity index (χ2v) is 5.24. The van der Waals surface area contributed by atoms with Gasteiger partial charge in [0.2, 0.25) is 0 Å². The van der Waals surface area contributed by atoms with Crippen molar-refractivity contribution in [3.63, 3.8) is 0 Å². The largest absolute Gasteiger partial charge is 0.466 e. The third-order valence-corrected chi connectivity index (χ3v) is 3.61. The van der Waals surface area contributed by atoms with Crippen molar-refractivity contribution in [2.45, 2.75) is 26.7 Å². The van der Waals surface area contributed by atoms with Crippen molar-refractivity contribution in [3.8, 4) is 0 Å². The molecule has 0 saturated carbocycles. The van der Waals surface area contributed by atoms with E-state index in [0.717, 1.165) is 24.7 Å². The fourth-order valence-corrected chi connectivity index (χ4v) is 2.57. The lowest BCUT2D eigenvalue weighted by Gasteiger charge is -2.16. The van der Waals surface area contributed by atoms with Gasteiger partial charge in [-0.1, -0.05) is 0 Å². The summed E-state index contributed by atoms with van der Waals surface area (Å²) in [4.78, 5) is 22.8. The minimum atomic E-state index is -0.213. The molecular weight excluding hydrogens is 268 g/mol. The van der Waals surface area contributed by atoms with Crippen LogP contribution >= 0.6 is 0 Å². The van der Waals surface area contributed by atoms with Gasteiger partial charge in [0.15, 0.2) is 0 Å². The molecule has 1 aliphatic rings. The summed E-state index contributed by atoms with van der Waals surface area (Å²) in [5.41, 5.74) is 0.536. The van der Waals surface area contributed by atoms with Gasteiger partial charge in [-0.2, -0.15) is 0 Å². The van der Waals surface area contributed by atoms with Crippen LogP contribution in [0.2, 0.25) is 0 Å². The molecule has 3 heterocycles. The molecule has 1 amide bonds. The maximum Gasteiger partial charge on any atom is 0.260 e. The molecule has 0 unspecified atom stereocenters. The summed E-state index contributed by atoms with van der Waals surface area (Å²) in [5.74, 6) is 2.49. The molecule has 3 rings (SSSR count). The fourth-order valence-electron chi connectivity index (χ4n) is 2.57. The number of carbonyl (C=O) groups excluding carboxylic acids is 1. The number of hydrogen-bond donors (Lipinski definition) is 1. The molecule has 2 aromatic rings. The van der Waals surface area contributed by atoms with Crippen LogP contribution in [0.15, 0.2) is 22.9 Å². The van der Waals surface area contributed by atoms with Crippen molar-refractivity contribution in [3.05, 3.63) is 35.5 Å². The first-order chi connectivity index (χ1) is 10.1. The molecule has 0 aromatic carbocycles. The Balaban J connectivity index is 1.77. The Morgan fingerprint density at radius 1 is 1.24 bits per heavy atom. The Bertz CT molecular complexity index is 659. The second-order valence-electron chi connectivity index (χ2n) is 5.24. The summed E-state index contributed by atoms with van der Waals surface area (Å²) in [7, 11) is 0. The lowest BCUT2D eigenvalue weighted by molar-refractivity contribution is 0.102. The van der Waals surface area contributed by atoms with Gasteiger partial charge in [-0.05, 0) is 32.8 Å². The van der Waals surface area contributed by atoms with E-state index in [2.05, 4.69) is 20.2 Å². The topological polar surface area (TPSA) is 71.3 Å². The third kappa shape index (κ3) is 2.89. The van der Waals surface area contributed by atoms with Crippen LogP contribution in [0.25, 0.3) is 0 Å². The lowest BCUT2D eigenvalue weighted by atomic mass is 10.2. The molecule has 0 aliphatic carbocycles. The van der Waals surface area contributed by atoms with E-state index in [1.165, 1.54) is 19.2 Å². The summed E-state index contributed by atoms with van der Waals surface area (Å²) in [6, 6.07) is 3.54. The van der Waals surface area contributed by atoms with Crippen molar-refractivity contribution in [1.29, 1.82) is 0 Å². The first kappa shape index (κ1) is 13.6. The Labute approximate surface area is 123 Å². The number of hydrogen-bond acceptors (Lipinski definition) is 5. The van der Waals surface area contributed by atoms with E-state index in [1.54, 1.807) is 13.0 Å². The average molecular weight is 286 g/mol. The Morgan fingerprint density at radius 2 is 2.00 bits per heavy atom. The van der Waals surface area contributed by atoms with Gasteiger partial charge in [-0.25, -0.2) is 9.97 Å². The van der Waals surface area contributed by atoms with Crippen molar-refractivity contribution < 1.29 is 9.21 Å². The van der Waals surface area contributed by atoms with Crippen molar-refractivity contribution in [2.75, 3.05) is 23.3 Å². The number of anilines is 2. The van der Waals surface area contributed by atoms with E-state index < -0.39 is 0 Å². The van der Waals surface area contributed by atoms with E-state index in [0.29, 0.717) is 17.1 Å². The number of amides is 1. The van der Waals surface area contributed by atoms with Gasteiger partial charge in [0.05, 0.1) is 5.56 Å². The second kappa shape index (κ2) is 5.55. The number of nitrogens with one attached hydrogen (secondary N) is 1. The molecular formula is C15H18N4O2. The highest BCUT2D eigenvalue weighted by atomic mass is 16.3. The Kier molecular flexibility index (Phi) is 3.60. The van der Waals surface area contributed by atoms with Gasteiger partial charge in [-0.15, -0.1) is 0 Å². The summed E-state index contributed by atoms with van der Waals surface area (Å²) < 4.78 is 5.38. The van der Waals surface area contributed by atoms with Gasteiger partial charge in [-0.3, -0.25) is 4.79 Å². The highest BCUT2D eigenvalue weighted by Crippen LogP contribution is 2.20. The summed E-state index contributed by atoms with van der Waals surface area (Å²) in [6.07, 6.45) is 3.84. The zero-order valence-electron chi connectivity index (χ0n) is 12.2. The minimum absolute atomic E-state index is 0.213. The molecule has 1 N–H and O–H groups in total. The van der Waals surface area contributed by atoms with Crippen LogP contribution in [0.1, 0.15) is 34.7 Å². The molecule has 0 atom stereocenters. The van der Waals surface area contributed by atoms with E-state index in [-0.39, 0.29) is 5.91 Å². The molecule has 0 radical (unpaired) electrons. The molecule has 6 nitrogen and oxygen atoms in total. The SMILES string of the molecule is Cc1cc(C(=O)Nc2cc(N3CCCC3)ncn2)c(C)o1. The van der Waals surface area contributed by atoms with Gasteiger partial charge in [0, 0.05) is 19.2 Å². The summed E-state index contributed by atoms with van der Waals surface area (Å²) in [5, 5.41) is 2.80. The van der Waals surface area contributed by atoms with E-state index in [1.807, 2.05) is 13.0 Å². The monoisotopic (exact) mass is 286 g/mol. The average Bonchev–Trinajstić information content (AvgIpc) is 3.08. The number of aromatic nitrogens is 2. The number of nitrogens with zero attached hydrogens (tertiary/aromatic N) is 3. The fraction of sp³-hybridized carbons (Fsp3) is 0.400. The predicted octanol–water partition coefficient (Wildman–Crippen LogP) is 2.54. The molecule has 21 heavy (non-hydrogen) atoms. The molecule has 1 aliphatic heterocycles. The van der Waals surface area contributed by atoms with E-state index >= 15 is 0 Å². The quantitative estimate of drug-likeness (QED) is 0.938. The Morgan fingerprint density at radius 3 is 2.67 bits per heavy atom. The Hall–Kier alpha value is -2.37. The highest BCUT2D eigenvalue weighted by molar-refractivity contribution is 6.04. The van der Waals surface area contributed by atoms with Gasteiger partial charge in [0.1, 0.15) is 29.5 Å². The van der Waals surface area contributed by atoms with Gasteiger partial charge in [0.25, 0.3) is 5.91 Å². The maximum atomic E-state index is 12.2. The van der Waals surface area contributed by atoms with Crippen LogP contribution < -0.4 is 10.2 Å². The molecule has 6 heteroatoms. The maximum absolute atomic E-state index is 12.2.